The van der Waals surface area contributed by atoms with Gasteiger partial charge in [0.15, 0.2) is 0 Å². The molecule has 2 atom stereocenters. The SMILES string of the molecule is Cc1cccc(C(C)C(C)(C)OC(C)(C)C(C)c2cccc(C)c2)c1. The summed E-state index contributed by atoms with van der Waals surface area (Å²) in [6.07, 6.45) is 0. The molecule has 2 aromatic carbocycles. The van der Waals surface area contributed by atoms with Crippen LogP contribution >= 0.6 is 0 Å². The molecular weight excluding hydrogens is 304 g/mol. The van der Waals surface area contributed by atoms with E-state index in [4.69, 9.17) is 4.74 Å². The minimum atomic E-state index is -0.255. The van der Waals surface area contributed by atoms with E-state index in [0.29, 0.717) is 11.8 Å². The van der Waals surface area contributed by atoms with Crippen molar-refractivity contribution in [2.75, 3.05) is 0 Å². The van der Waals surface area contributed by atoms with Gasteiger partial charge >= 0.3 is 0 Å². The fraction of sp³-hybridized carbons (Fsp3) is 0.500. The molecule has 0 saturated heterocycles. The van der Waals surface area contributed by atoms with Crippen LogP contribution in [-0.4, -0.2) is 11.2 Å². The summed E-state index contributed by atoms with van der Waals surface area (Å²) in [4.78, 5) is 0. The molecule has 0 aliphatic rings. The molecule has 1 heteroatoms. The predicted octanol–water partition coefficient (Wildman–Crippen LogP) is 6.78. The maximum absolute atomic E-state index is 6.74. The summed E-state index contributed by atoms with van der Waals surface area (Å²) in [7, 11) is 0. The fourth-order valence-electron chi connectivity index (χ4n) is 3.54. The van der Waals surface area contributed by atoms with Gasteiger partial charge in [-0.3, -0.25) is 0 Å². The lowest BCUT2D eigenvalue weighted by Crippen LogP contribution is -2.43. The zero-order chi connectivity index (χ0) is 18.8. The highest BCUT2D eigenvalue weighted by Gasteiger charge is 2.38. The van der Waals surface area contributed by atoms with Crippen molar-refractivity contribution in [1.82, 2.24) is 0 Å². The van der Waals surface area contributed by atoms with Gasteiger partial charge in [-0.2, -0.15) is 0 Å². The van der Waals surface area contributed by atoms with E-state index in [0.717, 1.165) is 0 Å². The first-order chi connectivity index (χ1) is 11.5. The Morgan fingerprint density at radius 1 is 0.680 bits per heavy atom. The second-order valence-corrected chi connectivity index (χ2v) is 8.58. The first-order valence-electron chi connectivity index (χ1n) is 9.36. The van der Waals surface area contributed by atoms with E-state index >= 15 is 0 Å². The van der Waals surface area contributed by atoms with Gasteiger partial charge in [0.1, 0.15) is 0 Å². The van der Waals surface area contributed by atoms with Crippen molar-refractivity contribution in [2.24, 2.45) is 0 Å². The molecule has 136 valence electrons. The van der Waals surface area contributed by atoms with Gasteiger partial charge in [-0.15, -0.1) is 0 Å². The smallest absolute Gasteiger partial charge is 0.0699 e. The van der Waals surface area contributed by atoms with E-state index in [1.54, 1.807) is 0 Å². The molecule has 0 fully saturated rings. The molecule has 0 spiro atoms. The van der Waals surface area contributed by atoms with E-state index in [1.807, 2.05) is 0 Å². The predicted molar refractivity (Wildman–Crippen MR) is 108 cm³/mol. The molecule has 0 saturated carbocycles. The lowest BCUT2D eigenvalue weighted by atomic mass is 9.81. The van der Waals surface area contributed by atoms with E-state index in [1.165, 1.54) is 22.3 Å². The van der Waals surface area contributed by atoms with Gasteiger partial charge in [0.2, 0.25) is 0 Å². The average Bonchev–Trinajstić information content (AvgIpc) is 2.52. The Bertz CT molecular complexity index is 650. The Kier molecular flexibility index (Phi) is 5.79. The van der Waals surface area contributed by atoms with Crippen molar-refractivity contribution in [3.63, 3.8) is 0 Å². The Hall–Kier alpha value is -1.60. The highest BCUT2D eigenvalue weighted by Crippen LogP contribution is 2.40. The lowest BCUT2D eigenvalue weighted by molar-refractivity contribution is -0.142. The molecule has 0 aliphatic carbocycles. The second kappa shape index (κ2) is 7.33. The van der Waals surface area contributed by atoms with E-state index in [-0.39, 0.29) is 11.2 Å². The maximum atomic E-state index is 6.74. The first-order valence-corrected chi connectivity index (χ1v) is 9.36. The highest BCUT2D eigenvalue weighted by molar-refractivity contribution is 5.28. The number of benzene rings is 2. The van der Waals surface area contributed by atoms with Gasteiger partial charge in [-0.05, 0) is 52.7 Å². The molecule has 0 heterocycles. The molecule has 1 nitrogen and oxygen atoms in total. The summed E-state index contributed by atoms with van der Waals surface area (Å²) in [6, 6.07) is 17.5. The average molecular weight is 339 g/mol. The normalized spacial score (nSPS) is 15.0. The van der Waals surface area contributed by atoms with Crippen LogP contribution in [0.4, 0.5) is 0 Å². The summed E-state index contributed by atoms with van der Waals surface area (Å²) < 4.78 is 6.74. The van der Waals surface area contributed by atoms with Crippen molar-refractivity contribution in [3.8, 4) is 0 Å². The van der Waals surface area contributed by atoms with Crippen molar-refractivity contribution >= 4 is 0 Å². The number of hydrogen-bond donors (Lipinski definition) is 0. The third kappa shape index (κ3) is 4.73. The van der Waals surface area contributed by atoms with Crippen molar-refractivity contribution in [1.29, 1.82) is 0 Å². The number of ether oxygens (including phenoxy) is 1. The third-order valence-electron chi connectivity index (χ3n) is 5.70. The van der Waals surface area contributed by atoms with Crippen molar-refractivity contribution in [2.45, 2.75) is 78.4 Å². The van der Waals surface area contributed by atoms with Gasteiger partial charge in [0.05, 0.1) is 11.2 Å². The van der Waals surface area contributed by atoms with Crippen LogP contribution in [0.5, 0.6) is 0 Å². The molecule has 0 aliphatic heterocycles. The van der Waals surface area contributed by atoms with Gasteiger partial charge < -0.3 is 4.74 Å². The second-order valence-electron chi connectivity index (χ2n) is 8.58. The van der Waals surface area contributed by atoms with Gasteiger partial charge in [-0.25, -0.2) is 0 Å². The highest BCUT2D eigenvalue weighted by atomic mass is 16.5. The zero-order valence-corrected chi connectivity index (χ0v) is 17.2. The molecule has 0 aromatic heterocycles. The summed E-state index contributed by atoms with van der Waals surface area (Å²) >= 11 is 0. The number of rotatable bonds is 6. The van der Waals surface area contributed by atoms with Crippen molar-refractivity contribution in [3.05, 3.63) is 70.8 Å². The maximum Gasteiger partial charge on any atom is 0.0699 e. The first kappa shape index (κ1) is 19.7. The summed E-state index contributed by atoms with van der Waals surface area (Å²) in [5.41, 5.74) is 4.76. The Labute approximate surface area is 154 Å². The summed E-state index contributed by atoms with van der Waals surface area (Å²) in [5.74, 6) is 0.632. The Balaban J connectivity index is 2.22. The van der Waals surface area contributed by atoms with Gasteiger partial charge in [0, 0.05) is 11.8 Å². The molecule has 2 aromatic rings. The van der Waals surface area contributed by atoms with Crippen LogP contribution in [-0.2, 0) is 4.74 Å². The largest absolute Gasteiger partial charge is 0.368 e. The van der Waals surface area contributed by atoms with Crippen LogP contribution in [0.2, 0.25) is 0 Å². The third-order valence-corrected chi connectivity index (χ3v) is 5.70. The van der Waals surface area contributed by atoms with Gasteiger partial charge in [-0.1, -0.05) is 73.5 Å². The summed E-state index contributed by atoms with van der Waals surface area (Å²) in [6.45, 7) is 17.7. The topological polar surface area (TPSA) is 9.23 Å². The zero-order valence-electron chi connectivity index (χ0n) is 17.2. The number of hydrogen-bond acceptors (Lipinski definition) is 1. The molecule has 2 unspecified atom stereocenters. The van der Waals surface area contributed by atoms with Crippen LogP contribution in [0.25, 0.3) is 0 Å². The van der Waals surface area contributed by atoms with E-state index in [2.05, 4.69) is 104 Å². The molecule has 0 radical (unpaired) electrons. The van der Waals surface area contributed by atoms with Crippen LogP contribution in [0, 0.1) is 13.8 Å². The van der Waals surface area contributed by atoms with Crippen LogP contribution < -0.4 is 0 Å². The lowest BCUT2D eigenvalue weighted by Gasteiger charge is -2.43. The van der Waals surface area contributed by atoms with E-state index < -0.39 is 0 Å². The van der Waals surface area contributed by atoms with Crippen molar-refractivity contribution < 1.29 is 4.74 Å². The Morgan fingerprint density at radius 3 is 1.36 bits per heavy atom. The van der Waals surface area contributed by atoms with E-state index in [9.17, 15) is 0 Å². The fourth-order valence-corrected chi connectivity index (χ4v) is 3.54. The molecular formula is C24H34O. The van der Waals surface area contributed by atoms with Crippen LogP contribution in [0.3, 0.4) is 0 Å². The molecule has 25 heavy (non-hydrogen) atoms. The minimum Gasteiger partial charge on any atom is -0.368 e. The minimum absolute atomic E-state index is 0.255. The standard InChI is InChI=1S/C24H34O/c1-17-11-9-13-21(15-17)19(3)23(5,6)25-24(7,8)20(4)22-14-10-12-18(2)16-22/h9-16,19-20H,1-8H3. The monoisotopic (exact) mass is 338 g/mol. The molecule has 0 amide bonds. The van der Waals surface area contributed by atoms with Crippen LogP contribution in [0.1, 0.15) is 75.6 Å². The molecule has 0 N–H and O–H groups in total. The molecule has 0 bridgehead atoms. The number of aryl methyl sites for hydroxylation is 2. The van der Waals surface area contributed by atoms with Crippen LogP contribution in [0.15, 0.2) is 48.5 Å². The quantitative estimate of drug-likeness (QED) is 0.564. The Morgan fingerprint density at radius 2 is 1.04 bits per heavy atom. The summed E-state index contributed by atoms with van der Waals surface area (Å²) in [5, 5.41) is 0. The van der Waals surface area contributed by atoms with Gasteiger partial charge in [0.25, 0.3) is 0 Å². The molecule has 2 rings (SSSR count).